The predicted molar refractivity (Wildman–Crippen MR) is 95.3 cm³/mol. The lowest BCUT2D eigenvalue weighted by Crippen LogP contribution is -2.44. The van der Waals surface area contributed by atoms with E-state index in [0.29, 0.717) is 16.7 Å². The predicted octanol–water partition coefficient (Wildman–Crippen LogP) is 2.76. The molecule has 1 heterocycles. The molecule has 2 aromatic carbocycles. The number of rotatable bonds is 4. The van der Waals surface area contributed by atoms with E-state index in [2.05, 4.69) is 15.8 Å². The second kappa shape index (κ2) is 7.26. The molecule has 0 aliphatic rings. The van der Waals surface area contributed by atoms with Crippen LogP contribution in [-0.2, 0) is 4.79 Å². The van der Waals surface area contributed by atoms with Gasteiger partial charge in [0.1, 0.15) is 17.3 Å². The van der Waals surface area contributed by atoms with E-state index < -0.39 is 17.6 Å². The number of ether oxygens (including phenoxy) is 1. The number of carbonyl (C=O) groups is 2. The van der Waals surface area contributed by atoms with Crippen molar-refractivity contribution < 1.29 is 18.7 Å². The fourth-order valence-corrected chi connectivity index (χ4v) is 2.48. The first-order valence-corrected chi connectivity index (χ1v) is 8.00. The molecule has 134 valence electrons. The number of nitrogens with one attached hydrogen (secondary N) is 3. The minimum absolute atomic E-state index is 0.140. The Hall–Kier alpha value is -3.35. The molecular weight excluding hydrogens is 337 g/mol. The van der Waals surface area contributed by atoms with Crippen molar-refractivity contribution in [1.29, 1.82) is 0 Å². The topological polar surface area (TPSA) is 83.2 Å². The fourth-order valence-electron chi connectivity index (χ4n) is 2.48. The van der Waals surface area contributed by atoms with Crippen molar-refractivity contribution in [2.45, 2.75) is 13.8 Å². The van der Waals surface area contributed by atoms with Crippen LogP contribution in [0.3, 0.4) is 0 Å². The zero-order valence-corrected chi connectivity index (χ0v) is 14.4. The molecule has 0 aliphatic heterocycles. The van der Waals surface area contributed by atoms with Crippen LogP contribution in [0.15, 0.2) is 42.5 Å². The molecule has 0 bridgehead atoms. The van der Waals surface area contributed by atoms with Crippen LogP contribution in [0.25, 0.3) is 10.9 Å². The number of hydrogen-bond donors (Lipinski definition) is 3. The number of aryl methyl sites for hydroxylation is 2. The minimum Gasteiger partial charge on any atom is -0.483 e. The normalized spacial score (nSPS) is 10.6. The van der Waals surface area contributed by atoms with E-state index in [-0.39, 0.29) is 12.3 Å². The first-order valence-electron chi connectivity index (χ1n) is 8.00. The lowest BCUT2D eigenvalue weighted by molar-refractivity contribution is -0.123. The lowest BCUT2D eigenvalue weighted by atomic mass is 10.1. The Morgan fingerprint density at radius 2 is 1.92 bits per heavy atom. The quantitative estimate of drug-likeness (QED) is 0.629. The van der Waals surface area contributed by atoms with Crippen molar-refractivity contribution in [2.24, 2.45) is 0 Å². The van der Waals surface area contributed by atoms with Gasteiger partial charge >= 0.3 is 0 Å². The summed E-state index contributed by atoms with van der Waals surface area (Å²) in [7, 11) is 0. The Morgan fingerprint density at radius 3 is 2.69 bits per heavy atom. The standard InChI is InChI=1S/C19H18FN3O3/c1-11-6-7-12(2)17(8-11)26-10-18(24)22-23-19(25)16-9-13-14(20)4-3-5-15(13)21-16/h3-9,21H,10H2,1-2H3,(H,22,24)(H,23,25). The first-order chi connectivity index (χ1) is 12.4. The molecule has 0 fully saturated rings. The van der Waals surface area contributed by atoms with E-state index in [0.717, 1.165) is 11.1 Å². The number of carbonyl (C=O) groups excluding carboxylic acids is 2. The largest absolute Gasteiger partial charge is 0.483 e. The van der Waals surface area contributed by atoms with E-state index in [1.54, 1.807) is 12.1 Å². The van der Waals surface area contributed by atoms with Gasteiger partial charge in [0.25, 0.3) is 11.8 Å². The molecule has 0 aliphatic carbocycles. The molecule has 0 spiro atoms. The maximum atomic E-state index is 13.7. The maximum absolute atomic E-state index is 13.7. The third-order valence-electron chi connectivity index (χ3n) is 3.87. The summed E-state index contributed by atoms with van der Waals surface area (Å²) >= 11 is 0. The van der Waals surface area contributed by atoms with Crippen LogP contribution in [0.2, 0.25) is 0 Å². The number of H-pyrrole nitrogens is 1. The number of benzene rings is 2. The SMILES string of the molecule is Cc1ccc(C)c(OCC(=O)NNC(=O)c2cc3c(F)cccc3[nH]2)c1. The molecule has 0 atom stereocenters. The van der Waals surface area contributed by atoms with Gasteiger partial charge in [-0.05, 0) is 49.2 Å². The van der Waals surface area contributed by atoms with Crippen molar-refractivity contribution in [3.05, 3.63) is 65.1 Å². The Kier molecular flexibility index (Phi) is 4.88. The molecule has 3 N–H and O–H groups in total. The molecule has 6 nitrogen and oxygen atoms in total. The van der Waals surface area contributed by atoms with Crippen LogP contribution in [0.4, 0.5) is 4.39 Å². The third kappa shape index (κ3) is 3.83. The van der Waals surface area contributed by atoms with Crippen molar-refractivity contribution in [3.8, 4) is 5.75 Å². The summed E-state index contributed by atoms with van der Waals surface area (Å²) < 4.78 is 19.1. The molecule has 3 aromatic rings. The van der Waals surface area contributed by atoms with Gasteiger partial charge in [0.15, 0.2) is 6.61 Å². The van der Waals surface area contributed by atoms with Crippen molar-refractivity contribution in [3.63, 3.8) is 0 Å². The molecule has 2 amide bonds. The Labute approximate surface area is 149 Å². The van der Waals surface area contributed by atoms with Crippen molar-refractivity contribution in [2.75, 3.05) is 6.61 Å². The summed E-state index contributed by atoms with van der Waals surface area (Å²) in [5, 5.41) is 0.308. The average Bonchev–Trinajstić information content (AvgIpc) is 3.06. The van der Waals surface area contributed by atoms with Gasteiger partial charge in [-0.15, -0.1) is 0 Å². The van der Waals surface area contributed by atoms with Gasteiger partial charge in [0.2, 0.25) is 0 Å². The number of aromatic amines is 1. The van der Waals surface area contributed by atoms with E-state index in [1.807, 2.05) is 32.0 Å². The second-order valence-electron chi connectivity index (χ2n) is 5.94. The van der Waals surface area contributed by atoms with Gasteiger partial charge in [-0.2, -0.15) is 0 Å². The number of aromatic nitrogens is 1. The van der Waals surface area contributed by atoms with Gasteiger partial charge in [-0.3, -0.25) is 20.4 Å². The van der Waals surface area contributed by atoms with Crippen LogP contribution in [0.5, 0.6) is 5.75 Å². The summed E-state index contributed by atoms with van der Waals surface area (Å²) in [6, 6.07) is 11.6. The smallest absolute Gasteiger partial charge is 0.286 e. The molecule has 26 heavy (non-hydrogen) atoms. The monoisotopic (exact) mass is 355 g/mol. The lowest BCUT2D eigenvalue weighted by Gasteiger charge is -2.10. The molecule has 0 saturated carbocycles. The Balaban J connectivity index is 1.55. The van der Waals surface area contributed by atoms with E-state index in [9.17, 15) is 14.0 Å². The number of fused-ring (bicyclic) bond motifs is 1. The minimum atomic E-state index is -0.583. The first kappa shape index (κ1) is 17.5. The fraction of sp³-hybridized carbons (Fsp3) is 0.158. The zero-order valence-electron chi connectivity index (χ0n) is 14.4. The summed E-state index contributed by atoms with van der Waals surface area (Å²) in [4.78, 5) is 26.7. The number of halogens is 1. The molecule has 3 rings (SSSR count). The Morgan fingerprint density at radius 1 is 1.12 bits per heavy atom. The highest BCUT2D eigenvalue weighted by Crippen LogP contribution is 2.19. The zero-order chi connectivity index (χ0) is 18.7. The molecule has 7 heteroatoms. The molecule has 0 saturated heterocycles. The Bertz CT molecular complexity index is 981. The highest BCUT2D eigenvalue weighted by molar-refractivity contribution is 5.98. The maximum Gasteiger partial charge on any atom is 0.286 e. The average molecular weight is 355 g/mol. The van der Waals surface area contributed by atoms with E-state index in [4.69, 9.17) is 4.74 Å². The van der Waals surface area contributed by atoms with Crippen LogP contribution < -0.4 is 15.6 Å². The number of amides is 2. The van der Waals surface area contributed by atoms with Gasteiger partial charge in [0.05, 0.1) is 0 Å². The van der Waals surface area contributed by atoms with Crippen LogP contribution in [0, 0.1) is 19.7 Å². The van der Waals surface area contributed by atoms with Gasteiger partial charge in [0, 0.05) is 10.9 Å². The van der Waals surface area contributed by atoms with E-state index in [1.165, 1.54) is 12.1 Å². The number of hydrazine groups is 1. The second-order valence-corrected chi connectivity index (χ2v) is 5.94. The molecule has 0 unspecified atom stereocenters. The van der Waals surface area contributed by atoms with Crippen molar-refractivity contribution in [1.82, 2.24) is 15.8 Å². The molecule has 0 radical (unpaired) electrons. The van der Waals surface area contributed by atoms with Crippen molar-refractivity contribution >= 4 is 22.7 Å². The van der Waals surface area contributed by atoms with Crippen LogP contribution in [0.1, 0.15) is 21.6 Å². The summed E-state index contributed by atoms with van der Waals surface area (Å²) in [6.07, 6.45) is 0. The molecular formula is C19H18FN3O3. The summed E-state index contributed by atoms with van der Waals surface area (Å²) in [6.45, 7) is 3.56. The molecule has 1 aromatic heterocycles. The summed E-state index contributed by atoms with van der Waals surface area (Å²) in [5.74, 6) is -0.913. The van der Waals surface area contributed by atoms with Crippen LogP contribution >= 0.6 is 0 Å². The highest BCUT2D eigenvalue weighted by Gasteiger charge is 2.13. The van der Waals surface area contributed by atoms with Crippen LogP contribution in [-0.4, -0.2) is 23.4 Å². The third-order valence-corrected chi connectivity index (χ3v) is 3.87. The van der Waals surface area contributed by atoms with Gasteiger partial charge in [-0.25, -0.2) is 4.39 Å². The van der Waals surface area contributed by atoms with Gasteiger partial charge in [-0.1, -0.05) is 18.2 Å². The summed E-state index contributed by atoms with van der Waals surface area (Å²) in [5.41, 5.74) is 7.10. The number of hydrogen-bond acceptors (Lipinski definition) is 3. The van der Waals surface area contributed by atoms with Gasteiger partial charge < -0.3 is 9.72 Å². The highest BCUT2D eigenvalue weighted by atomic mass is 19.1. The van der Waals surface area contributed by atoms with E-state index >= 15 is 0 Å².